The molecular formula is C23H17N3O2. The predicted molar refractivity (Wildman–Crippen MR) is 109 cm³/mol. The van der Waals surface area contributed by atoms with Gasteiger partial charge in [0.2, 0.25) is 0 Å². The van der Waals surface area contributed by atoms with Crippen LogP contribution in [0.1, 0.15) is 0 Å². The minimum Gasteiger partial charge on any atom is -0.497 e. The second-order valence-corrected chi connectivity index (χ2v) is 6.42. The minimum absolute atomic E-state index is 0.776. The van der Waals surface area contributed by atoms with Crippen LogP contribution in [0.15, 0.2) is 79.1 Å². The number of methoxy groups -OCH3 is 1. The molecule has 136 valence electrons. The molecule has 4 aromatic rings. The number of aromatic nitrogens is 2. The van der Waals surface area contributed by atoms with E-state index in [1.807, 2.05) is 72.8 Å². The summed E-state index contributed by atoms with van der Waals surface area (Å²) in [5, 5.41) is 3.48. The van der Waals surface area contributed by atoms with Crippen LogP contribution in [0.3, 0.4) is 0 Å². The van der Waals surface area contributed by atoms with Crippen LogP contribution in [0.4, 0.5) is 11.4 Å². The van der Waals surface area contributed by atoms with Gasteiger partial charge in [-0.15, -0.1) is 0 Å². The average molecular weight is 367 g/mol. The zero-order valence-electron chi connectivity index (χ0n) is 15.2. The van der Waals surface area contributed by atoms with Gasteiger partial charge in [0.25, 0.3) is 0 Å². The molecule has 1 aliphatic heterocycles. The van der Waals surface area contributed by atoms with Gasteiger partial charge in [0.15, 0.2) is 11.5 Å². The minimum atomic E-state index is 0.776. The zero-order valence-corrected chi connectivity index (χ0v) is 15.2. The van der Waals surface area contributed by atoms with Crippen molar-refractivity contribution < 1.29 is 9.47 Å². The Labute approximate surface area is 162 Å². The number of hydrogen-bond donors (Lipinski definition) is 1. The molecule has 2 heterocycles. The number of nitrogens with zero attached hydrogens (tertiary/aromatic N) is 2. The van der Waals surface area contributed by atoms with Gasteiger partial charge in [0.1, 0.15) is 12.1 Å². The highest BCUT2D eigenvalue weighted by molar-refractivity contribution is 5.88. The van der Waals surface area contributed by atoms with Crippen molar-refractivity contribution in [2.45, 2.75) is 0 Å². The summed E-state index contributed by atoms with van der Waals surface area (Å²) < 4.78 is 11.4. The molecule has 0 spiro atoms. The van der Waals surface area contributed by atoms with E-state index in [0.29, 0.717) is 0 Å². The maximum atomic E-state index is 6.06. The van der Waals surface area contributed by atoms with E-state index in [-0.39, 0.29) is 0 Å². The normalized spacial score (nSPS) is 11.6. The number of hydrogen-bond acceptors (Lipinski definition) is 5. The average Bonchev–Trinajstić information content (AvgIpc) is 2.77. The summed E-state index contributed by atoms with van der Waals surface area (Å²) >= 11 is 0. The number of para-hydroxylation sites is 3. The lowest BCUT2D eigenvalue weighted by Gasteiger charge is -2.23. The highest BCUT2D eigenvalue weighted by atomic mass is 16.5. The number of fused-ring (bicyclic) bond motifs is 2. The molecule has 1 N–H and O–H groups in total. The fourth-order valence-electron chi connectivity index (χ4n) is 3.32. The van der Waals surface area contributed by atoms with Gasteiger partial charge in [0, 0.05) is 11.1 Å². The number of ether oxygens (including phenoxy) is 2. The maximum absolute atomic E-state index is 6.06. The van der Waals surface area contributed by atoms with Crippen molar-refractivity contribution in [1.29, 1.82) is 0 Å². The summed E-state index contributed by atoms with van der Waals surface area (Å²) in [6.07, 6.45) is 1.58. The summed E-state index contributed by atoms with van der Waals surface area (Å²) in [6, 6.07) is 23.6. The Balaban J connectivity index is 1.58. The van der Waals surface area contributed by atoms with E-state index in [9.17, 15) is 0 Å². The van der Waals surface area contributed by atoms with Crippen molar-refractivity contribution in [2.24, 2.45) is 0 Å². The molecule has 3 aromatic carbocycles. The monoisotopic (exact) mass is 367 g/mol. The molecule has 28 heavy (non-hydrogen) atoms. The van der Waals surface area contributed by atoms with Gasteiger partial charge in [-0.25, -0.2) is 9.97 Å². The Bertz CT molecular complexity index is 1170. The highest BCUT2D eigenvalue weighted by Crippen LogP contribution is 2.46. The summed E-state index contributed by atoms with van der Waals surface area (Å²) in [4.78, 5) is 8.94. The van der Waals surface area contributed by atoms with Crippen LogP contribution in [0.2, 0.25) is 0 Å². The molecule has 5 nitrogen and oxygen atoms in total. The molecule has 0 saturated heterocycles. The third-order valence-corrected chi connectivity index (χ3v) is 4.70. The summed E-state index contributed by atoms with van der Waals surface area (Å²) in [7, 11) is 1.66. The van der Waals surface area contributed by atoms with Crippen LogP contribution >= 0.6 is 0 Å². The standard InChI is InChI=1S/C23H17N3O2/c1-27-16-7-4-6-15(12-16)19-13-20(25-14-24-19)17-8-5-11-22-23(17)26-18-9-2-3-10-21(18)28-22/h2-14,26H,1H3. The second kappa shape index (κ2) is 6.70. The molecule has 1 aliphatic rings. The third-order valence-electron chi connectivity index (χ3n) is 4.70. The SMILES string of the molecule is COc1cccc(-c2cc(-c3cccc4c3Nc3ccccc3O4)ncn2)c1. The Hall–Kier alpha value is -3.86. The summed E-state index contributed by atoms with van der Waals surface area (Å²) in [6.45, 7) is 0. The Kier molecular flexibility index (Phi) is 3.91. The zero-order chi connectivity index (χ0) is 18.9. The van der Waals surface area contributed by atoms with E-state index >= 15 is 0 Å². The molecule has 0 unspecified atom stereocenters. The van der Waals surface area contributed by atoms with Crippen LogP contribution in [0, 0.1) is 0 Å². The van der Waals surface area contributed by atoms with Crippen LogP contribution in [0.25, 0.3) is 22.5 Å². The Morgan fingerprint density at radius 2 is 1.64 bits per heavy atom. The first-order valence-corrected chi connectivity index (χ1v) is 8.95. The van der Waals surface area contributed by atoms with Crippen molar-refractivity contribution in [3.05, 3.63) is 79.1 Å². The van der Waals surface area contributed by atoms with Crippen molar-refractivity contribution in [3.63, 3.8) is 0 Å². The number of benzene rings is 3. The Morgan fingerprint density at radius 3 is 2.57 bits per heavy atom. The van der Waals surface area contributed by atoms with E-state index in [4.69, 9.17) is 9.47 Å². The predicted octanol–water partition coefficient (Wildman–Crippen LogP) is 5.67. The lowest BCUT2D eigenvalue weighted by Crippen LogP contribution is -2.04. The third kappa shape index (κ3) is 2.83. The van der Waals surface area contributed by atoms with Crippen LogP contribution < -0.4 is 14.8 Å². The molecule has 5 heteroatoms. The maximum Gasteiger partial charge on any atom is 0.151 e. The highest BCUT2D eigenvalue weighted by Gasteiger charge is 2.20. The van der Waals surface area contributed by atoms with Crippen molar-refractivity contribution >= 4 is 11.4 Å². The summed E-state index contributed by atoms with van der Waals surface area (Å²) in [5.74, 6) is 2.38. The number of nitrogens with one attached hydrogen (secondary N) is 1. The van der Waals surface area contributed by atoms with Crippen LogP contribution in [-0.4, -0.2) is 17.1 Å². The van der Waals surface area contributed by atoms with E-state index < -0.39 is 0 Å². The Morgan fingerprint density at radius 1 is 0.821 bits per heavy atom. The molecule has 0 atom stereocenters. The van der Waals surface area contributed by atoms with Crippen molar-refractivity contribution in [3.8, 4) is 39.8 Å². The lowest BCUT2D eigenvalue weighted by molar-refractivity contribution is 0.415. The first-order valence-electron chi connectivity index (χ1n) is 8.95. The van der Waals surface area contributed by atoms with Gasteiger partial charge >= 0.3 is 0 Å². The van der Waals surface area contributed by atoms with Crippen molar-refractivity contribution in [2.75, 3.05) is 12.4 Å². The van der Waals surface area contributed by atoms with Gasteiger partial charge in [-0.3, -0.25) is 0 Å². The molecular weight excluding hydrogens is 350 g/mol. The lowest BCUT2D eigenvalue weighted by atomic mass is 10.0. The van der Waals surface area contributed by atoms with E-state index in [1.54, 1.807) is 13.4 Å². The van der Waals surface area contributed by atoms with Gasteiger partial charge in [-0.1, -0.05) is 36.4 Å². The second-order valence-electron chi connectivity index (χ2n) is 6.42. The van der Waals surface area contributed by atoms with Gasteiger partial charge in [-0.05, 0) is 36.4 Å². The van der Waals surface area contributed by atoms with Crippen LogP contribution in [0.5, 0.6) is 17.2 Å². The van der Waals surface area contributed by atoms with E-state index in [0.717, 1.165) is 51.1 Å². The first kappa shape index (κ1) is 16.3. The fraction of sp³-hybridized carbons (Fsp3) is 0.0435. The van der Waals surface area contributed by atoms with Gasteiger partial charge in [-0.2, -0.15) is 0 Å². The summed E-state index contributed by atoms with van der Waals surface area (Å²) in [5.41, 5.74) is 5.42. The first-order chi connectivity index (χ1) is 13.8. The molecule has 0 bridgehead atoms. The quantitative estimate of drug-likeness (QED) is 0.445. The van der Waals surface area contributed by atoms with Crippen molar-refractivity contribution in [1.82, 2.24) is 9.97 Å². The van der Waals surface area contributed by atoms with Crippen LogP contribution in [-0.2, 0) is 0 Å². The molecule has 0 saturated carbocycles. The molecule has 0 aliphatic carbocycles. The number of anilines is 2. The number of rotatable bonds is 3. The molecule has 0 amide bonds. The van der Waals surface area contributed by atoms with Gasteiger partial charge in [0.05, 0.1) is 29.9 Å². The largest absolute Gasteiger partial charge is 0.497 e. The van der Waals surface area contributed by atoms with E-state index in [1.165, 1.54) is 0 Å². The fourth-order valence-corrected chi connectivity index (χ4v) is 3.32. The van der Waals surface area contributed by atoms with E-state index in [2.05, 4.69) is 15.3 Å². The molecule has 0 radical (unpaired) electrons. The molecule has 0 fully saturated rings. The topological polar surface area (TPSA) is 56.3 Å². The smallest absolute Gasteiger partial charge is 0.151 e. The van der Waals surface area contributed by atoms with Gasteiger partial charge < -0.3 is 14.8 Å². The molecule has 1 aromatic heterocycles. The molecule has 5 rings (SSSR count).